The van der Waals surface area contributed by atoms with E-state index in [0.29, 0.717) is 12.5 Å². The number of halogens is 7. The van der Waals surface area contributed by atoms with Gasteiger partial charge in [-0.25, -0.2) is 4.98 Å². The number of nitrogen functional groups attached to an aromatic ring is 1. The van der Waals surface area contributed by atoms with Crippen LogP contribution in [0.1, 0.15) is 50.5 Å². The van der Waals surface area contributed by atoms with Gasteiger partial charge in [-0.1, -0.05) is 6.42 Å². The number of anilines is 1. The summed E-state index contributed by atoms with van der Waals surface area (Å²) in [4.78, 5) is 3.71. The highest BCUT2D eigenvalue weighted by Crippen LogP contribution is 2.44. The molecule has 31 heavy (non-hydrogen) atoms. The summed E-state index contributed by atoms with van der Waals surface area (Å²) in [5.41, 5.74) is -0.0609. The van der Waals surface area contributed by atoms with Crippen LogP contribution in [0.2, 0.25) is 0 Å². The van der Waals surface area contributed by atoms with Gasteiger partial charge in [0, 0.05) is 0 Å². The van der Waals surface area contributed by atoms with Crippen LogP contribution in [-0.2, 0) is 11.8 Å². The number of ether oxygens (including phenoxy) is 1. The summed E-state index contributed by atoms with van der Waals surface area (Å²) in [6.45, 7) is 1.51. The number of nitrogens with two attached hydrogens (primary N) is 1. The standard InChI is InChI=1S/C17H18F6N4O3.ClH/c1-8-5-3-2-4-6-15(28,17(21,22)23)14-27-26-13(30-14)11-10(24)7-9(16(18,19)20)12(25-11)29-8;/h7-8,28H,2-6,24H2,1H3;1H/t8-,15-;/m0./s1. The topological polar surface area (TPSA) is 107 Å². The van der Waals surface area contributed by atoms with Crippen molar-refractivity contribution in [3.63, 3.8) is 0 Å². The normalized spacial score (nSPS) is 22.8. The van der Waals surface area contributed by atoms with Crippen molar-refractivity contribution >= 4 is 18.1 Å². The molecule has 174 valence electrons. The summed E-state index contributed by atoms with van der Waals surface area (Å²) in [6, 6.07) is 0.538. The second-order valence-corrected chi connectivity index (χ2v) is 7.07. The van der Waals surface area contributed by atoms with Crippen LogP contribution in [0, 0.1) is 0 Å². The monoisotopic (exact) mass is 476 g/mol. The minimum atomic E-state index is -5.12. The summed E-state index contributed by atoms with van der Waals surface area (Å²) in [5, 5.41) is 16.9. The first-order valence-corrected chi connectivity index (χ1v) is 9.01. The molecule has 3 heterocycles. The first-order chi connectivity index (χ1) is 13.8. The van der Waals surface area contributed by atoms with Gasteiger partial charge in [-0.05, 0) is 38.7 Å². The molecule has 2 aromatic heterocycles. The molecule has 3 rings (SSSR count). The second-order valence-electron chi connectivity index (χ2n) is 7.07. The maximum Gasteiger partial charge on any atom is 0.426 e. The highest BCUT2D eigenvalue weighted by atomic mass is 35.5. The molecule has 0 saturated carbocycles. The third kappa shape index (κ3) is 4.97. The minimum absolute atomic E-state index is 0. The van der Waals surface area contributed by atoms with Crippen molar-refractivity contribution in [1.82, 2.24) is 15.2 Å². The van der Waals surface area contributed by atoms with E-state index < -0.39 is 65.1 Å². The summed E-state index contributed by atoms with van der Waals surface area (Å²) in [7, 11) is 0. The molecular formula is C17H19ClF6N4O3. The fraction of sp³-hybridized carbons (Fsp3) is 0.588. The van der Waals surface area contributed by atoms with Crippen molar-refractivity contribution in [3.8, 4) is 17.5 Å². The van der Waals surface area contributed by atoms with E-state index >= 15 is 0 Å². The average molecular weight is 477 g/mol. The first-order valence-electron chi connectivity index (χ1n) is 9.01. The zero-order chi connectivity index (χ0) is 22.3. The fourth-order valence-electron chi connectivity index (χ4n) is 3.07. The van der Waals surface area contributed by atoms with Gasteiger partial charge in [0.15, 0.2) is 5.69 Å². The zero-order valence-electron chi connectivity index (χ0n) is 16.0. The van der Waals surface area contributed by atoms with Crippen LogP contribution in [0.15, 0.2) is 10.5 Å². The molecule has 1 aliphatic rings. The first kappa shape index (κ1) is 25.0. The van der Waals surface area contributed by atoms with Gasteiger partial charge in [0.25, 0.3) is 11.8 Å². The predicted octanol–water partition coefficient (Wildman–Crippen LogP) is 4.64. The molecule has 14 heteroatoms. The van der Waals surface area contributed by atoms with Crippen LogP contribution < -0.4 is 10.5 Å². The van der Waals surface area contributed by atoms with E-state index in [9.17, 15) is 31.4 Å². The van der Waals surface area contributed by atoms with Crippen molar-refractivity contribution in [2.24, 2.45) is 0 Å². The van der Waals surface area contributed by atoms with E-state index in [2.05, 4.69) is 15.2 Å². The Kier molecular flexibility index (Phi) is 7.00. The van der Waals surface area contributed by atoms with E-state index in [0.717, 1.165) is 0 Å². The Bertz CT molecular complexity index is 920. The van der Waals surface area contributed by atoms with Gasteiger partial charge in [0.2, 0.25) is 11.5 Å². The average Bonchev–Trinajstić information content (AvgIpc) is 3.10. The Hall–Kier alpha value is -2.28. The lowest BCUT2D eigenvalue weighted by atomic mass is 9.94. The molecule has 2 aromatic rings. The third-order valence-electron chi connectivity index (χ3n) is 4.73. The molecule has 0 fully saturated rings. The summed E-state index contributed by atoms with van der Waals surface area (Å²) in [6.07, 6.45) is -10.5. The smallest absolute Gasteiger partial charge is 0.426 e. The van der Waals surface area contributed by atoms with E-state index in [1.807, 2.05) is 0 Å². The Balaban J connectivity index is 0.00000341. The number of nitrogens with zero attached hydrogens (tertiary/aromatic N) is 3. The molecule has 3 N–H and O–H groups in total. The fourth-order valence-corrected chi connectivity index (χ4v) is 3.07. The SMILES string of the molecule is C[C@H]1CCCCC[C@@](O)(C(F)(F)F)c2nnc(o2)-c2nc(c(C(F)(F)F)cc2N)O1.Cl. The Morgan fingerprint density at radius 2 is 1.81 bits per heavy atom. The molecule has 0 unspecified atom stereocenters. The largest absolute Gasteiger partial charge is 0.474 e. The van der Waals surface area contributed by atoms with E-state index in [-0.39, 0.29) is 31.7 Å². The molecule has 0 radical (unpaired) electrons. The van der Waals surface area contributed by atoms with Crippen LogP contribution in [-0.4, -0.2) is 32.6 Å². The van der Waals surface area contributed by atoms with Gasteiger partial charge < -0.3 is 20.0 Å². The number of pyridine rings is 1. The van der Waals surface area contributed by atoms with E-state index in [1.54, 1.807) is 0 Å². The lowest BCUT2D eigenvalue weighted by molar-refractivity contribution is -0.277. The van der Waals surface area contributed by atoms with Crippen molar-refractivity contribution in [2.45, 2.75) is 63.1 Å². The van der Waals surface area contributed by atoms with Gasteiger partial charge >= 0.3 is 12.4 Å². The maximum atomic E-state index is 13.5. The van der Waals surface area contributed by atoms with Gasteiger partial charge in [-0.2, -0.15) is 26.3 Å². The number of aromatic nitrogens is 3. The van der Waals surface area contributed by atoms with Crippen molar-refractivity contribution in [3.05, 3.63) is 17.5 Å². The highest BCUT2D eigenvalue weighted by Gasteiger charge is 2.58. The Morgan fingerprint density at radius 1 is 1.13 bits per heavy atom. The zero-order valence-corrected chi connectivity index (χ0v) is 16.9. The van der Waals surface area contributed by atoms with Gasteiger partial charge in [-0.3, -0.25) is 0 Å². The Labute approximate surface area is 178 Å². The molecule has 1 aliphatic heterocycles. The third-order valence-corrected chi connectivity index (χ3v) is 4.73. The second kappa shape index (κ2) is 8.69. The molecule has 0 spiro atoms. The molecule has 2 atom stereocenters. The van der Waals surface area contributed by atoms with Gasteiger partial charge in [0.05, 0.1) is 11.8 Å². The molecule has 4 bridgehead atoms. The summed E-state index contributed by atoms with van der Waals surface area (Å²) >= 11 is 0. The number of aliphatic hydroxyl groups is 1. The number of fused-ring (bicyclic) bond motifs is 5. The van der Waals surface area contributed by atoms with Crippen LogP contribution in [0.5, 0.6) is 5.88 Å². The van der Waals surface area contributed by atoms with Crippen molar-refractivity contribution in [2.75, 3.05) is 5.73 Å². The molecule has 0 saturated heterocycles. The highest BCUT2D eigenvalue weighted by molar-refractivity contribution is 5.85. The van der Waals surface area contributed by atoms with Gasteiger partial charge in [-0.15, -0.1) is 22.6 Å². The van der Waals surface area contributed by atoms with Crippen LogP contribution >= 0.6 is 12.4 Å². The van der Waals surface area contributed by atoms with E-state index in [4.69, 9.17) is 14.9 Å². The Morgan fingerprint density at radius 3 is 2.42 bits per heavy atom. The molecule has 0 aromatic carbocycles. The lowest BCUT2D eigenvalue weighted by Gasteiger charge is -2.27. The number of hydrogen-bond donors (Lipinski definition) is 2. The molecular weight excluding hydrogens is 458 g/mol. The quantitative estimate of drug-likeness (QED) is 0.533. The maximum absolute atomic E-state index is 13.5. The molecule has 0 amide bonds. The summed E-state index contributed by atoms with van der Waals surface area (Å²) < 4.78 is 91.1. The minimum Gasteiger partial charge on any atom is -0.474 e. The number of alkyl halides is 6. The van der Waals surface area contributed by atoms with E-state index in [1.165, 1.54) is 6.92 Å². The number of rotatable bonds is 0. The van der Waals surface area contributed by atoms with Crippen molar-refractivity contribution < 1.29 is 40.6 Å². The van der Waals surface area contributed by atoms with Crippen molar-refractivity contribution in [1.29, 1.82) is 0 Å². The predicted molar refractivity (Wildman–Crippen MR) is 97.3 cm³/mol. The molecule has 7 nitrogen and oxygen atoms in total. The van der Waals surface area contributed by atoms with Crippen LogP contribution in [0.25, 0.3) is 11.6 Å². The van der Waals surface area contributed by atoms with Crippen LogP contribution in [0.3, 0.4) is 0 Å². The number of hydrogen-bond acceptors (Lipinski definition) is 7. The van der Waals surface area contributed by atoms with Gasteiger partial charge in [0.1, 0.15) is 5.56 Å². The van der Waals surface area contributed by atoms with Crippen LogP contribution in [0.4, 0.5) is 32.0 Å². The lowest BCUT2D eigenvalue weighted by Crippen LogP contribution is -2.42. The summed E-state index contributed by atoms with van der Waals surface area (Å²) in [5.74, 6) is -2.62. The molecule has 0 aliphatic carbocycles.